The second kappa shape index (κ2) is 10.9. The van der Waals surface area contributed by atoms with E-state index in [1.165, 1.54) is 11.8 Å². The Morgan fingerprint density at radius 3 is 2.34 bits per heavy atom. The molecule has 0 saturated heterocycles. The summed E-state index contributed by atoms with van der Waals surface area (Å²) < 4.78 is 28.9. The van der Waals surface area contributed by atoms with Gasteiger partial charge in [0.25, 0.3) is 0 Å². The SMILES string of the molecule is C=CCC[C@H](Sc1ccc(C)cc1)[C@H](CC(=O)[C@H](C)c1ccccc1)C(F)(F)Cl. The average Bonchev–Trinajstić information content (AvgIpc) is 2.70. The van der Waals surface area contributed by atoms with Crippen molar-refractivity contribution in [2.75, 3.05) is 0 Å². The molecule has 29 heavy (non-hydrogen) atoms. The number of benzene rings is 2. The predicted octanol–water partition coefficient (Wildman–Crippen LogP) is 7.63. The molecule has 0 aromatic heterocycles. The van der Waals surface area contributed by atoms with Crippen LogP contribution < -0.4 is 0 Å². The molecule has 2 rings (SSSR count). The molecule has 0 bridgehead atoms. The molecule has 3 atom stereocenters. The fraction of sp³-hybridized carbons (Fsp3) is 0.375. The molecule has 0 heterocycles. The molecule has 1 nitrogen and oxygen atoms in total. The van der Waals surface area contributed by atoms with Crippen LogP contribution in [-0.4, -0.2) is 16.4 Å². The van der Waals surface area contributed by atoms with E-state index in [4.69, 9.17) is 11.6 Å². The number of rotatable bonds is 11. The lowest BCUT2D eigenvalue weighted by Gasteiger charge is -2.30. The monoisotopic (exact) mass is 436 g/mol. The Balaban J connectivity index is 2.24. The normalized spacial score (nSPS) is 14.8. The van der Waals surface area contributed by atoms with Crippen molar-refractivity contribution >= 4 is 29.1 Å². The van der Waals surface area contributed by atoms with Gasteiger partial charge in [-0.25, -0.2) is 0 Å². The first kappa shape index (κ1) is 23.6. The molecule has 0 fully saturated rings. The van der Waals surface area contributed by atoms with Gasteiger partial charge in [-0.05, 0) is 49.1 Å². The van der Waals surface area contributed by atoms with Crippen molar-refractivity contribution in [3.05, 3.63) is 78.4 Å². The first-order valence-electron chi connectivity index (χ1n) is 9.71. The van der Waals surface area contributed by atoms with Crippen LogP contribution >= 0.6 is 23.4 Å². The summed E-state index contributed by atoms with van der Waals surface area (Å²) in [6, 6.07) is 16.9. The van der Waals surface area contributed by atoms with E-state index in [1.807, 2.05) is 61.5 Å². The highest BCUT2D eigenvalue weighted by Crippen LogP contribution is 2.43. The molecule has 0 amide bonds. The van der Waals surface area contributed by atoms with E-state index in [9.17, 15) is 13.6 Å². The van der Waals surface area contributed by atoms with Crippen molar-refractivity contribution in [1.29, 1.82) is 0 Å². The number of alkyl halides is 3. The topological polar surface area (TPSA) is 17.1 Å². The van der Waals surface area contributed by atoms with E-state index in [0.29, 0.717) is 12.8 Å². The molecule has 0 unspecified atom stereocenters. The maximum absolute atomic E-state index is 14.4. The van der Waals surface area contributed by atoms with Crippen molar-refractivity contribution in [2.45, 2.75) is 54.6 Å². The number of hydrogen-bond donors (Lipinski definition) is 0. The fourth-order valence-electron chi connectivity index (χ4n) is 3.20. The highest BCUT2D eigenvalue weighted by molar-refractivity contribution is 8.00. The summed E-state index contributed by atoms with van der Waals surface area (Å²) in [4.78, 5) is 13.7. The molecule has 0 aliphatic carbocycles. The predicted molar refractivity (Wildman–Crippen MR) is 119 cm³/mol. The van der Waals surface area contributed by atoms with Gasteiger partial charge in [-0.15, -0.1) is 18.3 Å². The van der Waals surface area contributed by atoms with Crippen LogP contribution in [0.1, 0.15) is 43.2 Å². The molecule has 2 aromatic carbocycles. The summed E-state index contributed by atoms with van der Waals surface area (Å²) in [6.45, 7) is 7.44. The summed E-state index contributed by atoms with van der Waals surface area (Å²) in [5.74, 6) is -1.95. The first-order chi connectivity index (χ1) is 13.7. The lowest BCUT2D eigenvalue weighted by molar-refractivity contribution is -0.123. The van der Waals surface area contributed by atoms with Crippen molar-refractivity contribution in [3.63, 3.8) is 0 Å². The molecule has 0 aliphatic rings. The zero-order chi connectivity index (χ0) is 21.4. The van der Waals surface area contributed by atoms with Gasteiger partial charge >= 0.3 is 5.38 Å². The minimum Gasteiger partial charge on any atom is -0.299 e. The molecule has 5 heteroatoms. The van der Waals surface area contributed by atoms with Crippen LogP contribution in [0.25, 0.3) is 0 Å². The second-order valence-electron chi connectivity index (χ2n) is 7.29. The Morgan fingerprint density at radius 2 is 1.79 bits per heavy atom. The zero-order valence-electron chi connectivity index (χ0n) is 16.8. The summed E-state index contributed by atoms with van der Waals surface area (Å²) >= 11 is 6.89. The van der Waals surface area contributed by atoms with E-state index < -0.39 is 22.5 Å². The van der Waals surface area contributed by atoms with Crippen LogP contribution in [0, 0.1) is 12.8 Å². The molecular weight excluding hydrogens is 410 g/mol. The summed E-state index contributed by atoms with van der Waals surface area (Å²) in [5.41, 5.74) is 1.92. The fourth-order valence-corrected chi connectivity index (χ4v) is 4.83. The third-order valence-corrected chi connectivity index (χ3v) is 6.73. The van der Waals surface area contributed by atoms with Gasteiger partial charge in [-0.2, -0.15) is 8.78 Å². The molecule has 0 aliphatic heterocycles. The largest absolute Gasteiger partial charge is 0.325 e. The number of carbonyl (C=O) groups is 1. The van der Waals surface area contributed by atoms with Gasteiger partial charge in [0, 0.05) is 22.5 Å². The Kier molecular flexibility index (Phi) is 8.91. The zero-order valence-corrected chi connectivity index (χ0v) is 18.4. The lowest BCUT2D eigenvalue weighted by Crippen LogP contribution is -2.34. The molecular formula is C24H27ClF2OS. The van der Waals surface area contributed by atoms with E-state index in [-0.39, 0.29) is 12.2 Å². The standard InChI is InChI=1S/C24H27ClF2OS/c1-4-5-11-23(29-20-14-12-17(2)13-15-20)21(24(25,26)27)16-22(28)18(3)19-9-7-6-8-10-19/h4,6-10,12-15,18,21,23H,1,5,11,16H2,2-3H3/t18-,21+,23+/m1/s1. The number of allylic oxidation sites excluding steroid dienone is 1. The van der Waals surface area contributed by atoms with Crippen molar-refractivity contribution in [3.8, 4) is 0 Å². The Morgan fingerprint density at radius 1 is 1.17 bits per heavy atom. The number of aryl methyl sites for hydroxylation is 1. The number of carbonyl (C=O) groups excluding carboxylic acids is 1. The molecule has 0 saturated carbocycles. The van der Waals surface area contributed by atoms with Gasteiger partial charge in [-0.1, -0.05) is 61.0 Å². The van der Waals surface area contributed by atoms with Crippen LogP contribution in [0.3, 0.4) is 0 Å². The van der Waals surface area contributed by atoms with Crippen LogP contribution in [0.5, 0.6) is 0 Å². The lowest BCUT2D eigenvalue weighted by atomic mass is 9.88. The third kappa shape index (κ3) is 7.27. The number of ketones is 1. The van der Waals surface area contributed by atoms with Gasteiger partial charge in [0.1, 0.15) is 5.78 Å². The Bertz CT molecular complexity index is 787. The molecule has 2 aromatic rings. The minimum atomic E-state index is -3.48. The number of Topliss-reactive ketones (excluding diaryl/α,β-unsaturated/α-hetero) is 1. The highest BCUT2D eigenvalue weighted by atomic mass is 35.5. The smallest absolute Gasteiger partial charge is 0.299 e. The van der Waals surface area contributed by atoms with Gasteiger partial charge in [0.15, 0.2) is 0 Å². The van der Waals surface area contributed by atoms with Gasteiger partial charge in [-0.3, -0.25) is 4.79 Å². The van der Waals surface area contributed by atoms with Crippen molar-refractivity contribution in [2.24, 2.45) is 5.92 Å². The minimum absolute atomic E-state index is 0.227. The van der Waals surface area contributed by atoms with Crippen LogP contribution in [0.2, 0.25) is 0 Å². The Labute approximate surface area is 181 Å². The van der Waals surface area contributed by atoms with Crippen molar-refractivity contribution < 1.29 is 13.6 Å². The van der Waals surface area contributed by atoms with Gasteiger partial charge < -0.3 is 0 Å². The Hall–Kier alpha value is -1.65. The van der Waals surface area contributed by atoms with E-state index in [0.717, 1.165) is 16.0 Å². The van der Waals surface area contributed by atoms with Gasteiger partial charge in [0.05, 0.1) is 5.92 Å². The van der Waals surface area contributed by atoms with Crippen LogP contribution in [0.15, 0.2) is 72.1 Å². The molecule has 0 spiro atoms. The maximum Gasteiger partial charge on any atom is 0.325 e. The summed E-state index contributed by atoms with van der Waals surface area (Å²) in [6.07, 6.45) is 2.49. The number of thioether (sulfide) groups is 1. The molecule has 156 valence electrons. The van der Waals surface area contributed by atoms with Gasteiger partial charge in [0.2, 0.25) is 0 Å². The molecule has 0 radical (unpaired) electrons. The average molecular weight is 437 g/mol. The molecule has 0 N–H and O–H groups in total. The van der Waals surface area contributed by atoms with Crippen molar-refractivity contribution in [1.82, 2.24) is 0 Å². The third-order valence-electron chi connectivity index (χ3n) is 5.04. The van der Waals surface area contributed by atoms with E-state index in [1.54, 1.807) is 13.0 Å². The second-order valence-corrected chi connectivity index (χ2v) is 9.10. The summed E-state index contributed by atoms with van der Waals surface area (Å²) in [5, 5.41) is -3.98. The van der Waals surface area contributed by atoms with E-state index >= 15 is 0 Å². The summed E-state index contributed by atoms with van der Waals surface area (Å²) in [7, 11) is 0. The van der Waals surface area contributed by atoms with E-state index in [2.05, 4.69) is 6.58 Å². The van der Waals surface area contributed by atoms with Crippen LogP contribution in [-0.2, 0) is 4.79 Å². The number of halogens is 3. The van der Waals surface area contributed by atoms with Crippen LogP contribution in [0.4, 0.5) is 8.78 Å². The first-order valence-corrected chi connectivity index (χ1v) is 11.0. The maximum atomic E-state index is 14.4. The highest BCUT2D eigenvalue weighted by Gasteiger charge is 2.44. The quantitative estimate of drug-likeness (QED) is 0.204. The number of hydrogen-bond acceptors (Lipinski definition) is 2.